The molecule has 0 amide bonds. The van der Waals surface area contributed by atoms with E-state index in [0.29, 0.717) is 10.8 Å². The predicted molar refractivity (Wildman–Crippen MR) is 39.2 cm³/mol. The molecule has 16 heavy (non-hydrogen) atoms. The van der Waals surface area contributed by atoms with Gasteiger partial charge in [-0.3, -0.25) is 0 Å². The van der Waals surface area contributed by atoms with Gasteiger partial charge in [0.1, 0.15) is 0 Å². The van der Waals surface area contributed by atoms with Crippen molar-refractivity contribution in [2.24, 2.45) is 7.05 Å². The fourth-order valence-corrected chi connectivity index (χ4v) is 1.16. The molecular formula is C7H6F6N2O. The number of aryl methyl sites for hydroxylation is 1. The Labute approximate surface area is 85.3 Å². The van der Waals surface area contributed by atoms with E-state index in [1.807, 2.05) is 0 Å². The highest BCUT2D eigenvalue weighted by Gasteiger charge is 2.72. The zero-order valence-corrected chi connectivity index (χ0v) is 7.76. The van der Waals surface area contributed by atoms with Gasteiger partial charge in [0.05, 0.1) is 18.2 Å². The molecule has 0 aliphatic rings. The number of hydrogen-bond donors (Lipinski definition) is 1. The minimum absolute atomic E-state index is 0.320. The highest BCUT2D eigenvalue weighted by atomic mass is 19.4. The number of aliphatic hydroxyl groups is 1. The van der Waals surface area contributed by atoms with Gasteiger partial charge < -0.3 is 9.67 Å². The van der Waals surface area contributed by atoms with Crippen molar-refractivity contribution < 1.29 is 31.4 Å². The molecule has 1 aromatic rings. The molecule has 9 heteroatoms. The molecular weight excluding hydrogens is 242 g/mol. The van der Waals surface area contributed by atoms with Gasteiger partial charge in [-0.05, 0) is 0 Å². The summed E-state index contributed by atoms with van der Waals surface area (Å²) in [6, 6.07) is 0. The van der Waals surface area contributed by atoms with Crippen molar-refractivity contribution in [3.05, 3.63) is 18.2 Å². The van der Waals surface area contributed by atoms with Crippen LogP contribution in [0.4, 0.5) is 26.3 Å². The topological polar surface area (TPSA) is 38.0 Å². The molecule has 0 spiro atoms. The number of imidazole rings is 1. The van der Waals surface area contributed by atoms with Crippen LogP contribution in [0.2, 0.25) is 0 Å². The normalized spacial score (nSPS) is 14.2. The molecule has 0 aromatic carbocycles. The third-order valence-electron chi connectivity index (χ3n) is 2.01. The average molecular weight is 248 g/mol. The molecule has 0 unspecified atom stereocenters. The number of halogens is 6. The van der Waals surface area contributed by atoms with Crippen LogP contribution in [0.5, 0.6) is 0 Å². The fourth-order valence-electron chi connectivity index (χ4n) is 1.16. The second-order valence-electron chi connectivity index (χ2n) is 3.10. The molecule has 0 bridgehead atoms. The van der Waals surface area contributed by atoms with Crippen LogP contribution < -0.4 is 0 Å². The molecule has 0 fully saturated rings. The van der Waals surface area contributed by atoms with Crippen LogP contribution in [0.1, 0.15) is 5.69 Å². The summed E-state index contributed by atoms with van der Waals surface area (Å²) in [5, 5.41) is 8.91. The lowest BCUT2D eigenvalue weighted by molar-refractivity contribution is -0.378. The first kappa shape index (κ1) is 12.8. The van der Waals surface area contributed by atoms with Crippen molar-refractivity contribution in [2.75, 3.05) is 0 Å². The highest BCUT2D eigenvalue weighted by molar-refractivity contribution is 5.16. The Bertz CT molecular complexity index is 365. The van der Waals surface area contributed by atoms with E-state index < -0.39 is 23.6 Å². The third-order valence-corrected chi connectivity index (χ3v) is 2.01. The average Bonchev–Trinajstić information content (AvgIpc) is 2.46. The fraction of sp³-hybridized carbons (Fsp3) is 0.571. The van der Waals surface area contributed by atoms with Crippen molar-refractivity contribution in [1.29, 1.82) is 0 Å². The van der Waals surface area contributed by atoms with E-state index in [9.17, 15) is 26.3 Å². The molecule has 0 atom stereocenters. The van der Waals surface area contributed by atoms with Gasteiger partial charge in [0.2, 0.25) is 0 Å². The molecule has 0 radical (unpaired) electrons. The summed E-state index contributed by atoms with van der Waals surface area (Å²) in [5.41, 5.74) is -6.29. The predicted octanol–water partition coefficient (Wildman–Crippen LogP) is 1.73. The molecule has 1 heterocycles. The first-order valence-electron chi connectivity index (χ1n) is 3.84. The second-order valence-corrected chi connectivity index (χ2v) is 3.10. The van der Waals surface area contributed by atoms with E-state index in [2.05, 4.69) is 4.98 Å². The number of aromatic nitrogens is 2. The molecule has 3 nitrogen and oxygen atoms in total. The molecule has 1 aromatic heterocycles. The van der Waals surface area contributed by atoms with Gasteiger partial charge in [0.25, 0.3) is 5.60 Å². The molecule has 0 aliphatic carbocycles. The summed E-state index contributed by atoms with van der Waals surface area (Å²) in [5.74, 6) is 0. The number of hydrogen-bond acceptors (Lipinski definition) is 2. The van der Waals surface area contributed by atoms with Crippen molar-refractivity contribution in [3.8, 4) is 0 Å². The zero-order chi connectivity index (χ0) is 12.8. The Morgan fingerprint density at radius 3 is 1.81 bits per heavy atom. The molecule has 1 rings (SSSR count). The quantitative estimate of drug-likeness (QED) is 0.768. The maximum atomic E-state index is 12.3. The maximum Gasteiger partial charge on any atom is 0.432 e. The van der Waals surface area contributed by atoms with Crippen LogP contribution in [0.25, 0.3) is 0 Å². The van der Waals surface area contributed by atoms with E-state index in [-0.39, 0.29) is 0 Å². The van der Waals surface area contributed by atoms with Gasteiger partial charge in [-0.2, -0.15) is 26.3 Å². The Morgan fingerprint density at radius 1 is 1.12 bits per heavy atom. The van der Waals surface area contributed by atoms with Crippen molar-refractivity contribution in [3.63, 3.8) is 0 Å². The van der Waals surface area contributed by atoms with Gasteiger partial charge in [-0.25, -0.2) is 4.98 Å². The highest BCUT2D eigenvalue weighted by Crippen LogP contribution is 2.49. The minimum atomic E-state index is -5.88. The lowest BCUT2D eigenvalue weighted by Crippen LogP contribution is -2.54. The number of rotatable bonds is 1. The zero-order valence-electron chi connectivity index (χ0n) is 7.76. The smallest absolute Gasteiger partial charge is 0.368 e. The monoisotopic (exact) mass is 248 g/mol. The third kappa shape index (κ3) is 1.64. The van der Waals surface area contributed by atoms with Crippen LogP contribution in [0.3, 0.4) is 0 Å². The van der Waals surface area contributed by atoms with Crippen LogP contribution in [-0.4, -0.2) is 27.0 Å². The first-order valence-corrected chi connectivity index (χ1v) is 3.84. The first-order chi connectivity index (χ1) is 7.02. The van der Waals surface area contributed by atoms with E-state index in [4.69, 9.17) is 5.11 Å². The molecule has 92 valence electrons. The molecule has 0 saturated heterocycles. The SMILES string of the molecule is Cn1cncc1C(O)(C(F)(F)F)C(F)(F)F. The summed E-state index contributed by atoms with van der Waals surface area (Å²) < 4.78 is 74.5. The van der Waals surface area contributed by atoms with E-state index >= 15 is 0 Å². The summed E-state index contributed by atoms with van der Waals surface area (Å²) in [6.45, 7) is 0. The molecule has 0 saturated carbocycles. The number of alkyl halides is 6. The Kier molecular flexibility index (Phi) is 2.70. The van der Waals surface area contributed by atoms with E-state index in [1.54, 1.807) is 0 Å². The van der Waals surface area contributed by atoms with E-state index in [1.165, 1.54) is 0 Å². The van der Waals surface area contributed by atoms with Gasteiger partial charge in [-0.1, -0.05) is 0 Å². The van der Waals surface area contributed by atoms with Crippen molar-refractivity contribution in [1.82, 2.24) is 9.55 Å². The largest absolute Gasteiger partial charge is 0.432 e. The molecule has 1 N–H and O–H groups in total. The van der Waals surface area contributed by atoms with E-state index in [0.717, 1.165) is 13.4 Å². The summed E-state index contributed by atoms with van der Waals surface area (Å²) >= 11 is 0. The second kappa shape index (κ2) is 3.37. The Morgan fingerprint density at radius 2 is 1.56 bits per heavy atom. The van der Waals surface area contributed by atoms with Crippen LogP contribution in [0.15, 0.2) is 12.5 Å². The summed E-state index contributed by atoms with van der Waals surface area (Å²) in [7, 11) is 0.921. The van der Waals surface area contributed by atoms with Crippen LogP contribution in [-0.2, 0) is 12.6 Å². The van der Waals surface area contributed by atoms with Gasteiger partial charge in [0.15, 0.2) is 0 Å². The number of nitrogens with zero attached hydrogens (tertiary/aromatic N) is 2. The standard InChI is InChI=1S/C7H6F6N2O/c1-15-3-14-2-4(15)5(16,6(8,9)10)7(11,12)13/h2-3,16H,1H3. The minimum Gasteiger partial charge on any atom is -0.368 e. The summed E-state index contributed by atoms with van der Waals surface area (Å²) in [4.78, 5) is 3.12. The van der Waals surface area contributed by atoms with Crippen LogP contribution >= 0.6 is 0 Å². The van der Waals surface area contributed by atoms with Crippen molar-refractivity contribution >= 4 is 0 Å². The van der Waals surface area contributed by atoms with Gasteiger partial charge in [0, 0.05) is 7.05 Å². The lowest BCUT2D eigenvalue weighted by atomic mass is 9.99. The maximum absolute atomic E-state index is 12.3. The Balaban J connectivity index is 3.45. The summed E-state index contributed by atoms with van der Waals surface area (Å²) in [6.07, 6.45) is -10.7. The lowest BCUT2D eigenvalue weighted by Gasteiger charge is -2.32. The molecule has 0 aliphatic heterocycles. The van der Waals surface area contributed by atoms with Crippen LogP contribution in [0, 0.1) is 0 Å². The van der Waals surface area contributed by atoms with Gasteiger partial charge in [-0.15, -0.1) is 0 Å². The Hall–Kier alpha value is -1.25. The van der Waals surface area contributed by atoms with Gasteiger partial charge >= 0.3 is 12.4 Å². The van der Waals surface area contributed by atoms with Crippen molar-refractivity contribution in [2.45, 2.75) is 18.0 Å².